The Morgan fingerprint density at radius 3 is 1.58 bits per heavy atom. The molecule has 1 N–H and O–H groups in total. The van der Waals surface area contributed by atoms with Crippen molar-refractivity contribution < 1.29 is 71.7 Å². The van der Waals surface area contributed by atoms with Crippen LogP contribution >= 0.6 is 0 Å². The van der Waals surface area contributed by atoms with Crippen molar-refractivity contribution in [1.82, 2.24) is 0 Å². The third-order valence-electron chi connectivity index (χ3n) is 7.87. The molecule has 0 fully saturated rings. The maximum atomic E-state index is 12.9. The van der Waals surface area contributed by atoms with E-state index in [1.54, 1.807) is 37.3 Å². The molecule has 0 saturated carbocycles. The van der Waals surface area contributed by atoms with Gasteiger partial charge in [0.25, 0.3) is 0 Å². The summed E-state index contributed by atoms with van der Waals surface area (Å²) >= 11 is 0. The molecule has 3 aromatic carbocycles. The molecule has 15 nitrogen and oxygen atoms in total. The lowest BCUT2D eigenvalue weighted by atomic mass is 10.2. The Hall–Kier alpha value is -6.29. The number of carbonyl (C=O) groups excluding carboxylic acids is 5. The van der Waals surface area contributed by atoms with Gasteiger partial charge in [0.2, 0.25) is 0 Å². The van der Waals surface area contributed by atoms with Gasteiger partial charge < -0.3 is 47.7 Å². The van der Waals surface area contributed by atoms with Gasteiger partial charge in [-0.15, -0.1) is 0 Å². The summed E-state index contributed by atoms with van der Waals surface area (Å²) in [5.41, 5.74) is 1.05. The average Bonchev–Trinajstić information content (AvgIpc) is 3.24. The molecule has 3 aromatic rings. The number of benzene rings is 3. The van der Waals surface area contributed by atoms with E-state index in [4.69, 9.17) is 42.6 Å². The van der Waals surface area contributed by atoms with Crippen LogP contribution in [0.5, 0.6) is 23.0 Å². The molecule has 0 spiro atoms. The fourth-order valence-electron chi connectivity index (χ4n) is 4.77. The minimum absolute atomic E-state index is 0.0211. The summed E-state index contributed by atoms with van der Waals surface area (Å²) in [6, 6.07) is 17.0. The Labute approximate surface area is 343 Å². The third kappa shape index (κ3) is 18.7. The first kappa shape index (κ1) is 47.1. The molecule has 0 heterocycles. The number of hydrogen-bond acceptors (Lipinski definition) is 15. The molecule has 0 amide bonds. The smallest absolute Gasteiger partial charge is 0.343 e. The Balaban J connectivity index is 1.40. The number of hydrogen-bond donors (Lipinski definition) is 1. The first-order valence-corrected chi connectivity index (χ1v) is 18.8. The van der Waals surface area contributed by atoms with Crippen molar-refractivity contribution in [3.05, 3.63) is 121 Å². The van der Waals surface area contributed by atoms with Crippen LogP contribution in [0.15, 0.2) is 105 Å². The summed E-state index contributed by atoms with van der Waals surface area (Å²) in [5, 5.41) is 10.1. The highest BCUT2D eigenvalue weighted by Gasteiger charge is 2.17. The zero-order chi connectivity index (χ0) is 42.8. The molecule has 0 aromatic heterocycles. The predicted molar refractivity (Wildman–Crippen MR) is 213 cm³/mol. The second-order valence-electron chi connectivity index (χ2n) is 12.6. The van der Waals surface area contributed by atoms with Gasteiger partial charge in [0.05, 0.1) is 37.6 Å². The molecule has 316 valence electrons. The van der Waals surface area contributed by atoms with Crippen molar-refractivity contribution in [3.63, 3.8) is 0 Å². The number of aryl methyl sites for hydroxylation is 1. The molecule has 2 atom stereocenters. The Morgan fingerprint density at radius 1 is 0.576 bits per heavy atom. The zero-order valence-electron chi connectivity index (χ0n) is 33.0. The monoisotopic (exact) mass is 818 g/mol. The molecule has 0 aliphatic carbocycles. The topological polar surface area (TPSA) is 189 Å². The first-order chi connectivity index (χ1) is 28.5. The van der Waals surface area contributed by atoms with Crippen LogP contribution in [0.25, 0.3) is 0 Å². The van der Waals surface area contributed by atoms with E-state index in [-0.39, 0.29) is 62.3 Å². The lowest BCUT2D eigenvalue weighted by molar-refractivity contribution is -0.148. The number of carbonyl (C=O) groups is 5. The van der Waals surface area contributed by atoms with Crippen molar-refractivity contribution in [1.29, 1.82) is 0 Å². The molecular weight excluding hydrogens is 768 g/mol. The molecule has 2 unspecified atom stereocenters. The lowest BCUT2D eigenvalue weighted by Crippen LogP contribution is -2.29. The van der Waals surface area contributed by atoms with E-state index in [0.29, 0.717) is 56.0 Å². The standard InChI is InChI=1S/C44H50O15/c1-5-40(46)53-24-10-8-22-51-27-34(45)28-55-35-16-12-32(13-17-35)43(49)58-37-20-21-39(31(4)26-37)59-44(50)33-14-18-36(19-15-33)56-30-38(57-42(48)7-3)29-52-23-9-11-25-54-41(47)6-2/h5-7,12-21,26,34,38,45H,1-3,8-11,22-25,27-30H2,4H3. The van der Waals surface area contributed by atoms with Crippen LogP contribution in [0.2, 0.25) is 0 Å². The van der Waals surface area contributed by atoms with Crippen molar-refractivity contribution in [2.24, 2.45) is 0 Å². The van der Waals surface area contributed by atoms with Crippen LogP contribution in [-0.4, -0.2) is 100 Å². The number of unbranched alkanes of at least 4 members (excludes halogenated alkanes) is 2. The summed E-state index contributed by atoms with van der Waals surface area (Å²) in [6.45, 7) is 13.1. The Kier molecular flexibility index (Phi) is 21.2. The van der Waals surface area contributed by atoms with Crippen molar-refractivity contribution in [2.45, 2.75) is 44.8 Å². The van der Waals surface area contributed by atoms with Gasteiger partial charge in [0, 0.05) is 31.4 Å². The fourth-order valence-corrected chi connectivity index (χ4v) is 4.77. The largest absolute Gasteiger partial charge is 0.491 e. The lowest BCUT2D eigenvalue weighted by Gasteiger charge is -2.18. The summed E-state index contributed by atoms with van der Waals surface area (Å²) in [5.74, 6) is -1.49. The highest BCUT2D eigenvalue weighted by atomic mass is 16.6. The minimum Gasteiger partial charge on any atom is -0.491 e. The summed E-state index contributed by atoms with van der Waals surface area (Å²) < 4.78 is 48.6. The van der Waals surface area contributed by atoms with Crippen LogP contribution in [0.1, 0.15) is 52.0 Å². The van der Waals surface area contributed by atoms with Gasteiger partial charge in [-0.1, -0.05) is 19.7 Å². The van der Waals surface area contributed by atoms with Gasteiger partial charge in [-0.25, -0.2) is 24.0 Å². The van der Waals surface area contributed by atoms with E-state index in [2.05, 4.69) is 19.7 Å². The number of aliphatic hydroxyl groups is 1. The van der Waals surface area contributed by atoms with Crippen molar-refractivity contribution in [3.8, 4) is 23.0 Å². The summed E-state index contributed by atoms with van der Waals surface area (Å²) in [4.78, 5) is 59.7. The molecule has 15 heteroatoms. The van der Waals surface area contributed by atoms with Crippen molar-refractivity contribution >= 4 is 29.8 Å². The third-order valence-corrected chi connectivity index (χ3v) is 7.87. The fraction of sp³-hybridized carbons (Fsp3) is 0.341. The molecule has 0 bridgehead atoms. The SMILES string of the molecule is C=CC(=O)OCCCCOCC(O)COc1ccc(C(=O)Oc2ccc(OC(=O)c3ccc(OCC(COCCCCOC(=O)C=C)OC(=O)C=C)cc3)c(C)c2)cc1. The van der Waals surface area contributed by atoms with Gasteiger partial charge in [-0.2, -0.15) is 0 Å². The van der Waals surface area contributed by atoms with E-state index >= 15 is 0 Å². The zero-order valence-corrected chi connectivity index (χ0v) is 33.0. The average molecular weight is 819 g/mol. The highest BCUT2D eigenvalue weighted by Crippen LogP contribution is 2.26. The van der Waals surface area contributed by atoms with Crippen LogP contribution in [0.3, 0.4) is 0 Å². The molecule has 0 saturated heterocycles. The number of rotatable bonds is 28. The Morgan fingerprint density at radius 2 is 1.05 bits per heavy atom. The van der Waals surface area contributed by atoms with E-state index in [9.17, 15) is 29.1 Å². The summed E-state index contributed by atoms with van der Waals surface area (Å²) in [6.07, 6.45) is 4.12. The quantitative estimate of drug-likeness (QED) is 0.0309. The van der Waals surface area contributed by atoms with E-state index < -0.39 is 42.1 Å². The molecule has 0 aliphatic rings. The highest BCUT2D eigenvalue weighted by molar-refractivity contribution is 5.92. The van der Waals surface area contributed by atoms with Gasteiger partial charge in [0.15, 0.2) is 6.10 Å². The van der Waals surface area contributed by atoms with Crippen LogP contribution in [0, 0.1) is 6.92 Å². The van der Waals surface area contributed by atoms with Gasteiger partial charge in [-0.3, -0.25) is 0 Å². The number of ether oxygens (including phenoxy) is 9. The molecular formula is C44H50O15. The second-order valence-corrected chi connectivity index (χ2v) is 12.6. The van der Waals surface area contributed by atoms with E-state index in [0.717, 1.165) is 18.2 Å². The van der Waals surface area contributed by atoms with Gasteiger partial charge in [-0.05, 0) is 105 Å². The van der Waals surface area contributed by atoms with E-state index in [1.165, 1.54) is 36.4 Å². The molecule has 0 radical (unpaired) electrons. The number of aliphatic hydroxyl groups excluding tert-OH is 1. The van der Waals surface area contributed by atoms with Crippen LogP contribution in [-0.2, 0) is 38.1 Å². The van der Waals surface area contributed by atoms with Crippen LogP contribution in [0.4, 0.5) is 0 Å². The van der Waals surface area contributed by atoms with Gasteiger partial charge in [0.1, 0.15) is 42.3 Å². The Bertz CT molecular complexity index is 1840. The first-order valence-electron chi connectivity index (χ1n) is 18.8. The second kappa shape index (κ2) is 26.6. The van der Waals surface area contributed by atoms with Crippen LogP contribution < -0.4 is 18.9 Å². The maximum Gasteiger partial charge on any atom is 0.343 e. The minimum atomic E-state index is -0.870. The molecule has 3 rings (SSSR count). The van der Waals surface area contributed by atoms with Crippen molar-refractivity contribution in [2.75, 3.05) is 52.9 Å². The maximum absolute atomic E-state index is 12.9. The number of esters is 5. The predicted octanol–water partition coefficient (Wildman–Crippen LogP) is 5.70. The molecule has 59 heavy (non-hydrogen) atoms. The van der Waals surface area contributed by atoms with Gasteiger partial charge >= 0.3 is 29.8 Å². The van der Waals surface area contributed by atoms with E-state index in [1.807, 2.05) is 0 Å². The summed E-state index contributed by atoms with van der Waals surface area (Å²) in [7, 11) is 0. The molecule has 0 aliphatic heterocycles. The normalized spacial score (nSPS) is 11.6.